The molecule has 0 aromatic heterocycles. The zero-order valence-electron chi connectivity index (χ0n) is 13.0. The number of alkyl carbamates (subject to hydrolysis) is 1. The Hall–Kier alpha value is -2.82. The summed E-state index contributed by atoms with van der Waals surface area (Å²) in [6.07, 6.45) is 0.327. The van der Waals surface area contributed by atoms with Gasteiger partial charge in [0.1, 0.15) is 13.2 Å². The highest BCUT2D eigenvalue weighted by molar-refractivity contribution is 5.93. The first-order chi connectivity index (χ1) is 11.2. The van der Waals surface area contributed by atoms with Crippen LogP contribution in [0.5, 0.6) is 0 Å². The minimum atomic E-state index is -0.620. The van der Waals surface area contributed by atoms with Gasteiger partial charge in [0.05, 0.1) is 0 Å². The third-order valence-electron chi connectivity index (χ3n) is 3.25. The SMILES string of the molecule is CCc1ccc(NC(=O)CNC(=O)OCc2ccccc2)cc1. The van der Waals surface area contributed by atoms with Gasteiger partial charge in [-0.05, 0) is 29.7 Å². The first-order valence-corrected chi connectivity index (χ1v) is 7.50. The Morgan fingerprint density at radius 2 is 1.65 bits per heavy atom. The Bertz CT molecular complexity index is 639. The summed E-state index contributed by atoms with van der Waals surface area (Å²) in [5.41, 5.74) is 2.79. The van der Waals surface area contributed by atoms with Crippen molar-refractivity contribution < 1.29 is 14.3 Å². The van der Waals surface area contributed by atoms with Crippen molar-refractivity contribution in [3.8, 4) is 0 Å². The van der Waals surface area contributed by atoms with Gasteiger partial charge in [-0.15, -0.1) is 0 Å². The predicted molar refractivity (Wildman–Crippen MR) is 89.1 cm³/mol. The molecule has 5 nitrogen and oxygen atoms in total. The number of rotatable bonds is 6. The van der Waals surface area contributed by atoms with Gasteiger partial charge in [0.15, 0.2) is 0 Å². The van der Waals surface area contributed by atoms with E-state index in [1.165, 1.54) is 5.56 Å². The lowest BCUT2D eigenvalue weighted by Crippen LogP contribution is -2.33. The molecule has 2 aromatic carbocycles. The van der Waals surface area contributed by atoms with Crippen molar-refractivity contribution in [2.45, 2.75) is 20.0 Å². The van der Waals surface area contributed by atoms with E-state index in [-0.39, 0.29) is 19.1 Å². The minimum Gasteiger partial charge on any atom is -0.445 e. The van der Waals surface area contributed by atoms with Crippen LogP contribution in [0.25, 0.3) is 0 Å². The average molecular weight is 312 g/mol. The van der Waals surface area contributed by atoms with Gasteiger partial charge >= 0.3 is 6.09 Å². The summed E-state index contributed by atoms with van der Waals surface area (Å²) in [6.45, 7) is 2.11. The summed E-state index contributed by atoms with van der Waals surface area (Å²) < 4.78 is 5.03. The first kappa shape index (κ1) is 16.5. The fourth-order valence-electron chi connectivity index (χ4n) is 1.96. The fraction of sp³-hybridized carbons (Fsp3) is 0.222. The van der Waals surface area contributed by atoms with Gasteiger partial charge in [-0.25, -0.2) is 4.79 Å². The Morgan fingerprint density at radius 3 is 2.30 bits per heavy atom. The lowest BCUT2D eigenvalue weighted by atomic mass is 10.1. The smallest absolute Gasteiger partial charge is 0.407 e. The van der Waals surface area contributed by atoms with E-state index in [0.29, 0.717) is 5.69 Å². The number of anilines is 1. The Labute approximate surface area is 135 Å². The molecule has 0 aliphatic heterocycles. The summed E-state index contributed by atoms with van der Waals surface area (Å²) >= 11 is 0. The third-order valence-corrected chi connectivity index (χ3v) is 3.25. The van der Waals surface area contributed by atoms with E-state index in [1.54, 1.807) is 0 Å². The van der Waals surface area contributed by atoms with Gasteiger partial charge in [-0.2, -0.15) is 0 Å². The molecular weight excluding hydrogens is 292 g/mol. The Morgan fingerprint density at radius 1 is 0.957 bits per heavy atom. The molecule has 0 aliphatic rings. The van der Waals surface area contributed by atoms with Gasteiger partial charge in [-0.1, -0.05) is 49.4 Å². The van der Waals surface area contributed by atoms with Crippen molar-refractivity contribution >= 4 is 17.7 Å². The lowest BCUT2D eigenvalue weighted by molar-refractivity contribution is -0.115. The Kier molecular flexibility index (Phi) is 6.17. The van der Waals surface area contributed by atoms with Crippen LogP contribution in [0, 0.1) is 0 Å². The third kappa shape index (κ3) is 5.82. The van der Waals surface area contributed by atoms with Crippen molar-refractivity contribution in [3.05, 3.63) is 65.7 Å². The quantitative estimate of drug-likeness (QED) is 0.861. The highest BCUT2D eigenvalue weighted by Gasteiger charge is 2.07. The first-order valence-electron chi connectivity index (χ1n) is 7.50. The number of carbonyl (C=O) groups excluding carboxylic acids is 2. The second-order valence-electron chi connectivity index (χ2n) is 5.01. The van der Waals surface area contributed by atoms with Crippen molar-refractivity contribution in [2.75, 3.05) is 11.9 Å². The van der Waals surface area contributed by atoms with Gasteiger partial charge < -0.3 is 15.4 Å². The lowest BCUT2D eigenvalue weighted by Gasteiger charge is -2.08. The van der Waals surface area contributed by atoms with Crippen molar-refractivity contribution in [1.82, 2.24) is 5.32 Å². The zero-order chi connectivity index (χ0) is 16.5. The maximum absolute atomic E-state index is 11.8. The molecule has 0 saturated heterocycles. The van der Waals surface area contributed by atoms with Crippen LogP contribution in [-0.2, 0) is 22.6 Å². The van der Waals surface area contributed by atoms with E-state index in [4.69, 9.17) is 4.74 Å². The molecule has 2 rings (SSSR count). The Balaban J connectivity index is 1.69. The van der Waals surface area contributed by atoms with Crippen LogP contribution >= 0.6 is 0 Å². The normalized spacial score (nSPS) is 9.96. The van der Waals surface area contributed by atoms with E-state index < -0.39 is 6.09 Å². The van der Waals surface area contributed by atoms with E-state index in [2.05, 4.69) is 17.6 Å². The van der Waals surface area contributed by atoms with Gasteiger partial charge in [0.25, 0.3) is 0 Å². The van der Waals surface area contributed by atoms with Crippen LogP contribution in [-0.4, -0.2) is 18.5 Å². The summed E-state index contributed by atoms with van der Waals surface area (Å²) in [5.74, 6) is -0.300. The van der Waals surface area contributed by atoms with Crippen molar-refractivity contribution in [2.24, 2.45) is 0 Å². The number of hydrogen-bond acceptors (Lipinski definition) is 3. The van der Waals surface area contributed by atoms with Crippen molar-refractivity contribution in [3.63, 3.8) is 0 Å². The summed E-state index contributed by atoms with van der Waals surface area (Å²) in [5, 5.41) is 5.14. The highest BCUT2D eigenvalue weighted by atomic mass is 16.5. The van der Waals surface area contributed by atoms with E-state index in [0.717, 1.165) is 12.0 Å². The standard InChI is InChI=1S/C18H20N2O3/c1-2-14-8-10-16(11-9-14)20-17(21)12-19-18(22)23-13-15-6-4-3-5-7-15/h3-11H,2,12-13H2,1H3,(H,19,22)(H,20,21). The van der Waals surface area contributed by atoms with Crippen LogP contribution in [0.1, 0.15) is 18.1 Å². The van der Waals surface area contributed by atoms with Gasteiger partial charge in [0.2, 0.25) is 5.91 Å². The number of aryl methyl sites for hydroxylation is 1. The molecule has 0 radical (unpaired) electrons. The maximum atomic E-state index is 11.8. The number of nitrogens with one attached hydrogen (secondary N) is 2. The molecule has 2 aromatic rings. The monoisotopic (exact) mass is 312 g/mol. The van der Waals surface area contributed by atoms with Crippen LogP contribution in [0.2, 0.25) is 0 Å². The topological polar surface area (TPSA) is 67.4 Å². The number of amides is 2. The van der Waals surface area contributed by atoms with Crippen LogP contribution in [0.15, 0.2) is 54.6 Å². The van der Waals surface area contributed by atoms with Crippen LogP contribution < -0.4 is 10.6 Å². The van der Waals surface area contributed by atoms with E-state index in [9.17, 15) is 9.59 Å². The number of ether oxygens (including phenoxy) is 1. The molecule has 0 aliphatic carbocycles. The molecule has 2 N–H and O–H groups in total. The molecule has 0 unspecified atom stereocenters. The summed E-state index contributed by atoms with van der Waals surface area (Å²) in [4.78, 5) is 23.3. The zero-order valence-corrected chi connectivity index (χ0v) is 13.0. The fourth-order valence-corrected chi connectivity index (χ4v) is 1.96. The van der Waals surface area contributed by atoms with E-state index >= 15 is 0 Å². The molecule has 0 heterocycles. The van der Waals surface area contributed by atoms with E-state index in [1.807, 2.05) is 54.6 Å². The van der Waals surface area contributed by atoms with Crippen LogP contribution in [0.4, 0.5) is 10.5 Å². The van der Waals surface area contributed by atoms with Gasteiger partial charge in [0, 0.05) is 5.69 Å². The maximum Gasteiger partial charge on any atom is 0.407 e. The molecule has 23 heavy (non-hydrogen) atoms. The minimum absolute atomic E-state index is 0.136. The second kappa shape index (κ2) is 8.58. The van der Waals surface area contributed by atoms with Crippen LogP contribution in [0.3, 0.4) is 0 Å². The molecule has 0 saturated carbocycles. The second-order valence-corrected chi connectivity index (χ2v) is 5.01. The largest absolute Gasteiger partial charge is 0.445 e. The summed E-state index contributed by atoms with van der Waals surface area (Å²) in [7, 11) is 0. The van der Waals surface area contributed by atoms with Gasteiger partial charge in [-0.3, -0.25) is 4.79 Å². The summed E-state index contributed by atoms with van der Waals surface area (Å²) in [6, 6.07) is 16.9. The number of hydrogen-bond donors (Lipinski definition) is 2. The number of carbonyl (C=O) groups is 2. The molecule has 0 bridgehead atoms. The molecule has 120 valence electrons. The molecule has 0 atom stereocenters. The molecule has 5 heteroatoms. The predicted octanol–water partition coefficient (Wildman–Crippen LogP) is 3.11. The molecule has 0 spiro atoms. The van der Waals surface area contributed by atoms with Crippen molar-refractivity contribution in [1.29, 1.82) is 0 Å². The molecule has 2 amide bonds. The molecule has 0 fully saturated rings. The average Bonchev–Trinajstić information content (AvgIpc) is 2.60. The highest BCUT2D eigenvalue weighted by Crippen LogP contribution is 2.09. The molecular formula is C18H20N2O3. The number of benzene rings is 2.